The van der Waals surface area contributed by atoms with Crippen molar-refractivity contribution in [3.63, 3.8) is 0 Å². The third-order valence-electron chi connectivity index (χ3n) is 6.62. The molecular weight excluding hydrogens is 398 g/mol. The molecule has 2 fully saturated rings. The van der Waals surface area contributed by atoms with Crippen LogP contribution in [0.5, 0.6) is 0 Å². The van der Waals surface area contributed by atoms with Gasteiger partial charge in [-0.3, -0.25) is 9.59 Å². The molecule has 7 nitrogen and oxygen atoms in total. The van der Waals surface area contributed by atoms with E-state index in [9.17, 15) is 9.59 Å². The number of carbonyl (C=O) groups is 1. The maximum absolute atomic E-state index is 12.2. The molecule has 2 bridgehead atoms. The molecule has 3 aliphatic heterocycles. The summed E-state index contributed by atoms with van der Waals surface area (Å²) in [5.41, 5.74) is 1.20. The van der Waals surface area contributed by atoms with Gasteiger partial charge in [-0.25, -0.2) is 0 Å². The summed E-state index contributed by atoms with van der Waals surface area (Å²) < 4.78 is 1.92. The normalized spacial score (nSPS) is 23.9. The predicted molar refractivity (Wildman–Crippen MR) is 122 cm³/mol. The van der Waals surface area contributed by atoms with E-state index in [2.05, 4.69) is 26.5 Å². The Labute approximate surface area is 183 Å². The van der Waals surface area contributed by atoms with Gasteiger partial charge in [0.15, 0.2) is 5.11 Å². The van der Waals surface area contributed by atoms with Crippen LogP contribution in [0.15, 0.2) is 23.0 Å². The quantitative estimate of drug-likeness (QED) is 0.682. The molecule has 1 aromatic rings. The van der Waals surface area contributed by atoms with Crippen LogP contribution in [0, 0.1) is 5.92 Å². The number of nitrogens with zero attached hydrogens (tertiary/aromatic N) is 3. The van der Waals surface area contributed by atoms with Crippen LogP contribution in [0.1, 0.15) is 43.7 Å². The molecule has 0 aromatic carbocycles. The van der Waals surface area contributed by atoms with Crippen molar-refractivity contribution in [2.24, 2.45) is 5.92 Å². The van der Waals surface area contributed by atoms with Gasteiger partial charge in [0.05, 0.1) is 6.54 Å². The van der Waals surface area contributed by atoms with Gasteiger partial charge in [-0.05, 0) is 56.6 Å². The number of aromatic nitrogens is 1. The summed E-state index contributed by atoms with van der Waals surface area (Å²) in [7, 11) is 0. The fourth-order valence-corrected chi connectivity index (χ4v) is 5.33. The van der Waals surface area contributed by atoms with Crippen molar-refractivity contribution in [2.75, 3.05) is 45.8 Å². The van der Waals surface area contributed by atoms with Gasteiger partial charge in [0, 0.05) is 50.4 Å². The second kappa shape index (κ2) is 9.92. The first kappa shape index (κ1) is 21.3. The fourth-order valence-electron chi connectivity index (χ4n) is 5.11. The van der Waals surface area contributed by atoms with Gasteiger partial charge in [-0.2, -0.15) is 0 Å². The summed E-state index contributed by atoms with van der Waals surface area (Å²) in [6, 6.07) is 5.54. The summed E-state index contributed by atoms with van der Waals surface area (Å²) in [6.07, 6.45) is 6.27. The highest BCUT2D eigenvalue weighted by atomic mass is 32.1. The molecule has 164 valence electrons. The van der Waals surface area contributed by atoms with E-state index in [1.165, 1.54) is 25.7 Å². The number of amides is 1. The monoisotopic (exact) mass is 431 g/mol. The van der Waals surface area contributed by atoms with Crippen molar-refractivity contribution >= 4 is 23.2 Å². The maximum Gasteiger partial charge on any atom is 0.250 e. The van der Waals surface area contributed by atoms with Gasteiger partial charge in [0.25, 0.3) is 5.56 Å². The molecule has 0 aliphatic carbocycles. The number of likely N-dealkylation sites (tertiary alicyclic amines) is 2. The minimum atomic E-state index is -0.0127. The molecule has 0 spiro atoms. The summed E-state index contributed by atoms with van der Waals surface area (Å²) in [6.45, 7) is 6.48. The average molecular weight is 432 g/mol. The Balaban J connectivity index is 1.21. The van der Waals surface area contributed by atoms with Crippen molar-refractivity contribution in [3.8, 4) is 0 Å². The maximum atomic E-state index is 12.2. The Hall–Kier alpha value is -1.93. The lowest BCUT2D eigenvalue weighted by atomic mass is 9.83. The number of rotatable bonds is 5. The van der Waals surface area contributed by atoms with Gasteiger partial charge in [0.1, 0.15) is 0 Å². The lowest BCUT2D eigenvalue weighted by molar-refractivity contribution is -0.120. The molecule has 2 saturated heterocycles. The first-order valence-corrected chi connectivity index (χ1v) is 11.7. The molecule has 0 saturated carbocycles. The molecule has 1 amide bonds. The highest BCUT2D eigenvalue weighted by molar-refractivity contribution is 7.80. The third-order valence-corrected chi connectivity index (χ3v) is 7.02. The highest BCUT2D eigenvalue weighted by Crippen LogP contribution is 2.34. The van der Waals surface area contributed by atoms with Crippen LogP contribution in [0.3, 0.4) is 0 Å². The first-order chi connectivity index (χ1) is 14.6. The van der Waals surface area contributed by atoms with Crippen LogP contribution in [0.2, 0.25) is 0 Å². The second-order valence-electron chi connectivity index (χ2n) is 8.87. The van der Waals surface area contributed by atoms with Gasteiger partial charge in [-0.1, -0.05) is 18.9 Å². The highest BCUT2D eigenvalue weighted by Gasteiger charge is 2.35. The van der Waals surface area contributed by atoms with Crippen molar-refractivity contribution < 1.29 is 4.79 Å². The molecule has 2 atom stereocenters. The summed E-state index contributed by atoms with van der Waals surface area (Å²) in [5.74, 6) is 0.716. The van der Waals surface area contributed by atoms with E-state index in [0.717, 1.165) is 51.4 Å². The Kier molecular flexibility index (Phi) is 7.04. The van der Waals surface area contributed by atoms with Crippen molar-refractivity contribution in [2.45, 2.75) is 44.6 Å². The summed E-state index contributed by atoms with van der Waals surface area (Å²) in [4.78, 5) is 29.0. The molecule has 1 aromatic heterocycles. The molecule has 4 heterocycles. The van der Waals surface area contributed by atoms with Crippen molar-refractivity contribution in [1.82, 2.24) is 25.0 Å². The molecule has 30 heavy (non-hydrogen) atoms. The minimum absolute atomic E-state index is 0.0127. The Morgan fingerprint density at radius 2 is 1.87 bits per heavy atom. The second-order valence-corrected chi connectivity index (χ2v) is 9.25. The Morgan fingerprint density at radius 1 is 1.07 bits per heavy atom. The van der Waals surface area contributed by atoms with Crippen LogP contribution < -0.4 is 16.2 Å². The number of piperidine rings is 1. The predicted octanol–water partition coefficient (Wildman–Crippen LogP) is 1.13. The zero-order chi connectivity index (χ0) is 20.9. The van der Waals surface area contributed by atoms with Gasteiger partial charge in [0.2, 0.25) is 5.91 Å². The lowest BCUT2D eigenvalue weighted by Gasteiger charge is -2.43. The van der Waals surface area contributed by atoms with E-state index < -0.39 is 0 Å². The van der Waals surface area contributed by atoms with Crippen LogP contribution in [-0.4, -0.2) is 71.2 Å². The van der Waals surface area contributed by atoms with Crippen LogP contribution in [-0.2, 0) is 11.3 Å². The molecule has 0 unspecified atom stereocenters. The number of thiocarbonyl (C=S) groups is 1. The first-order valence-electron chi connectivity index (χ1n) is 11.3. The van der Waals surface area contributed by atoms with E-state index in [0.29, 0.717) is 23.5 Å². The SMILES string of the molecule is O=C(CNC(=S)N1C[C@H]2C[C@@H](C1)c1cccc(=O)n1C2)NCCN1CCCCCC1. The zero-order valence-electron chi connectivity index (χ0n) is 17.6. The smallest absolute Gasteiger partial charge is 0.250 e. The minimum Gasteiger partial charge on any atom is -0.354 e. The summed E-state index contributed by atoms with van der Waals surface area (Å²) in [5, 5.41) is 6.78. The molecule has 4 rings (SSSR count). The Bertz CT molecular complexity index is 818. The van der Waals surface area contributed by atoms with Crippen molar-refractivity contribution in [3.05, 3.63) is 34.2 Å². The van der Waals surface area contributed by atoms with Gasteiger partial charge >= 0.3 is 0 Å². The van der Waals surface area contributed by atoms with Crippen LogP contribution in [0.25, 0.3) is 0 Å². The van der Waals surface area contributed by atoms with Gasteiger partial charge in [-0.15, -0.1) is 0 Å². The fraction of sp³-hybridized carbons (Fsp3) is 0.682. The standard InChI is InChI=1S/C22H33N5O2S/c28-20(23-8-11-25-9-3-1-2-4-10-25)13-24-22(30)26-14-17-12-18(16-26)19-6-5-7-21(29)27(19)15-17/h5-7,17-18H,1-4,8-16H2,(H,23,28)(H,24,30)/t17-,18+/m1/s1. The van der Waals surface area contributed by atoms with E-state index in [-0.39, 0.29) is 18.0 Å². The van der Waals surface area contributed by atoms with E-state index in [1.54, 1.807) is 6.07 Å². The lowest BCUT2D eigenvalue weighted by Crippen LogP contribution is -2.53. The third kappa shape index (κ3) is 5.21. The molecule has 0 radical (unpaired) electrons. The van der Waals surface area contributed by atoms with E-state index >= 15 is 0 Å². The number of pyridine rings is 1. The van der Waals surface area contributed by atoms with Gasteiger partial charge < -0.3 is 25.0 Å². The number of hydrogen-bond donors (Lipinski definition) is 2. The largest absolute Gasteiger partial charge is 0.354 e. The van der Waals surface area contributed by atoms with E-state index in [1.807, 2.05) is 10.6 Å². The zero-order valence-corrected chi connectivity index (χ0v) is 18.5. The van der Waals surface area contributed by atoms with Crippen molar-refractivity contribution in [1.29, 1.82) is 0 Å². The van der Waals surface area contributed by atoms with E-state index in [4.69, 9.17) is 12.2 Å². The summed E-state index contributed by atoms with van der Waals surface area (Å²) >= 11 is 5.58. The number of hydrogen-bond acceptors (Lipinski definition) is 4. The van der Waals surface area contributed by atoms with Crippen LogP contribution in [0.4, 0.5) is 0 Å². The molecule has 2 N–H and O–H groups in total. The number of fused-ring (bicyclic) bond motifs is 4. The number of carbonyl (C=O) groups excluding carboxylic acids is 1. The molecule has 3 aliphatic rings. The topological polar surface area (TPSA) is 69.6 Å². The average Bonchev–Trinajstić information content (AvgIpc) is 3.01. The Morgan fingerprint density at radius 3 is 2.67 bits per heavy atom. The molecule has 8 heteroatoms. The molecular formula is C22H33N5O2S. The van der Waals surface area contributed by atoms with Crippen LogP contribution >= 0.6 is 12.2 Å². The number of nitrogens with one attached hydrogen (secondary N) is 2.